The molecule has 0 aliphatic heterocycles. The van der Waals surface area contributed by atoms with Gasteiger partial charge in [0.15, 0.2) is 23.1 Å². The van der Waals surface area contributed by atoms with Gasteiger partial charge in [-0.05, 0) is 48.0 Å². The largest absolute Gasteiger partial charge is 0.455 e. The summed E-state index contributed by atoms with van der Waals surface area (Å²) in [5.41, 5.74) is 11.0. The van der Waals surface area contributed by atoms with Crippen molar-refractivity contribution in [3.05, 3.63) is 182 Å². The van der Waals surface area contributed by atoms with Crippen LogP contribution in [0.3, 0.4) is 0 Å². The maximum atomic E-state index is 7.20. The molecule has 4 aromatic heterocycles. The Morgan fingerprint density at radius 1 is 0.351 bits per heavy atom. The van der Waals surface area contributed by atoms with Crippen LogP contribution in [-0.2, 0) is 0 Å². The molecule has 0 amide bonds. The van der Waals surface area contributed by atoms with Crippen molar-refractivity contribution in [1.82, 2.24) is 19.5 Å². The van der Waals surface area contributed by atoms with Crippen molar-refractivity contribution in [3.8, 4) is 51.0 Å². The molecule has 0 bridgehead atoms. The summed E-state index contributed by atoms with van der Waals surface area (Å²) < 4.78 is 16.1. The summed E-state index contributed by atoms with van der Waals surface area (Å²) in [6, 6.07) is 62.4. The third-order valence-electron chi connectivity index (χ3n) is 11.1. The zero-order valence-corrected chi connectivity index (χ0v) is 30.4. The van der Waals surface area contributed by atoms with E-state index in [0.717, 1.165) is 99.2 Å². The lowest BCUT2D eigenvalue weighted by Gasteiger charge is -2.12. The van der Waals surface area contributed by atoms with Gasteiger partial charge in [0.05, 0.1) is 22.1 Å². The Morgan fingerprint density at radius 2 is 0.912 bits per heavy atom. The lowest BCUT2D eigenvalue weighted by molar-refractivity contribution is 0.667. The van der Waals surface area contributed by atoms with Crippen LogP contribution < -0.4 is 0 Å². The second-order valence-electron chi connectivity index (χ2n) is 14.3. The summed E-state index contributed by atoms with van der Waals surface area (Å²) in [4.78, 5) is 15.2. The van der Waals surface area contributed by atoms with E-state index in [9.17, 15) is 0 Å². The van der Waals surface area contributed by atoms with Gasteiger partial charge in [-0.1, -0.05) is 140 Å². The second-order valence-corrected chi connectivity index (χ2v) is 14.3. The maximum absolute atomic E-state index is 7.20. The van der Waals surface area contributed by atoms with Crippen LogP contribution in [0, 0.1) is 0 Å². The van der Waals surface area contributed by atoms with Crippen LogP contribution in [0.15, 0.2) is 191 Å². The molecule has 0 fully saturated rings. The lowest BCUT2D eigenvalue weighted by Crippen LogP contribution is -2.01. The summed E-state index contributed by atoms with van der Waals surface area (Å²) in [5, 5.41) is 6.45. The molecule has 0 N–H and O–H groups in total. The molecule has 0 saturated carbocycles. The fourth-order valence-electron chi connectivity index (χ4n) is 8.52. The molecular formula is C51H30N4O2. The normalized spacial score (nSPS) is 11.9. The Kier molecular flexibility index (Phi) is 6.83. The van der Waals surface area contributed by atoms with E-state index in [1.807, 2.05) is 78.9 Å². The monoisotopic (exact) mass is 730 g/mol. The second kappa shape index (κ2) is 12.3. The maximum Gasteiger partial charge on any atom is 0.164 e. The van der Waals surface area contributed by atoms with E-state index >= 15 is 0 Å². The van der Waals surface area contributed by atoms with Crippen molar-refractivity contribution in [2.75, 3.05) is 0 Å². The highest BCUT2D eigenvalue weighted by atomic mass is 16.3. The van der Waals surface area contributed by atoms with Gasteiger partial charge >= 0.3 is 0 Å². The number of hydrogen-bond acceptors (Lipinski definition) is 5. The molecule has 4 heterocycles. The average Bonchev–Trinajstić information content (AvgIpc) is 3.96. The molecule has 0 radical (unpaired) electrons. The van der Waals surface area contributed by atoms with Gasteiger partial charge in [0.25, 0.3) is 0 Å². The molecule has 0 unspecified atom stereocenters. The first-order valence-electron chi connectivity index (χ1n) is 19.0. The Morgan fingerprint density at radius 3 is 1.65 bits per heavy atom. The predicted molar refractivity (Wildman–Crippen MR) is 230 cm³/mol. The van der Waals surface area contributed by atoms with Crippen LogP contribution in [0.1, 0.15) is 0 Å². The average molecular weight is 731 g/mol. The zero-order valence-electron chi connectivity index (χ0n) is 30.4. The molecule has 0 aliphatic carbocycles. The van der Waals surface area contributed by atoms with Gasteiger partial charge in [-0.2, -0.15) is 0 Å². The van der Waals surface area contributed by atoms with Crippen LogP contribution in [0.4, 0.5) is 0 Å². The van der Waals surface area contributed by atoms with Gasteiger partial charge in [-0.3, -0.25) is 0 Å². The Labute approximate surface area is 325 Å². The van der Waals surface area contributed by atoms with Crippen molar-refractivity contribution in [3.63, 3.8) is 0 Å². The molecular weight excluding hydrogens is 701 g/mol. The number of rotatable bonds is 5. The minimum Gasteiger partial charge on any atom is -0.455 e. The van der Waals surface area contributed by atoms with Gasteiger partial charge in [-0.15, -0.1) is 0 Å². The molecule has 0 spiro atoms. The molecule has 12 rings (SSSR count). The molecule has 57 heavy (non-hydrogen) atoms. The molecule has 266 valence electrons. The van der Waals surface area contributed by atoms with Crippen LogP contribution in [0.2, 0.25) is 0 Å². The summed E-state index contributed by atoms with van der Waals surface area (Å²) in [7, 11) is 0. The van der Waals surface area contributed by atoms with Crippen molar-refractivity contribution >= 4 is 65.7 Å². The number of hydrogen-bond donors (Lipinski definition) is 0. The third-order valence-corrected chi connectivity index (χ3v) is 11.1. The predicted octanol–water partition coefficient (Wildman–Crippen LogP) is 13.4. The smallest absolute Gasteiger partial charge is 0.164 e. The topological polar surface area (TPSA) is 69.9 Å². The van der Waals surface area contributed by atoms with Gasteiger partial charge in [0.2, 0.25) is 0 Å². The summed E-state index contributed by atoms with van der Waals surface area (Å²) in [6.07, 6.45) is 0. The first kappa shape index (κ1) is 31.5. The Hall–Kier alpha value is -7.83. The first-order chi connectivity index (χ1) is 28.3. The van der Waals surface area contributed by atoms with Crippen molar-refractivity contribution < 1.29 is 8.83 Å². The Bertz CT molecular complexity index is 3450. The molecule has 12 aromatic rings. The molecule has 0 aliphatic rings. The number of fused-ring (bicyclic) bond motifs is 10. The van der Waals surface area contributed by atoms with Crippen molar-refractivity contribution in [2.45, 2.75) is 0 Å². The summed E-state index contributed by atoms with van der Waals surface area (Å²) in [6.45, 7) is 0. The SMILES string of the molecule is c1ccc(-c2nc(-c3ccccc3)nc(-c3ccc4c(oc5c(-n6c7ccccc7c7c8oc9ccccc9c8ccc76)cccc54)c3-c3ccccc3)n2)cc1. The lowest BCUT2D eigenvalue weighted by atomic mass is 9.96. The fraction of sp³-hybridized carbons (Fsp3) is 0. The highest BCUT2D eigenvalue weighted by Crippen LogP contribution is 2.45. The summed E-state index contributed by atoms with van der Waals surface area (Å²) in [5.74, 6) is 1.78. The highest BCUT2D eigenvalue weighted by Gasteiger charge is 2.24. The number of benzene rings is 8. The number of furan rings is 2. The van der Waals surface area contributed by atoms with Gasteiger partial charge in [-0.25, -0.2) is 15.0 Å². The van der Waals surface area contributed by atoms with Crippen LogP contribution >= 0.6 is 0 Å². The number of para-hydroxylation sites is 3. The fourth-order valence-corrected chi connectivity index (χ4v) is 8.52. The van der Waals surface area contributed by atoms with Gasteiger partial charge in [0, 0.05) is 49.2 Å². The van der Waals surface area contributed by atoms with Crippen LogP contribution in [0.5, 0.6) is 0 Å². The van der Waals surface area contributed by atoms with E-state index in [-0.39, 0.29) is 0 Å². The van der Waals surface area contributed by atoms with Crippen LogP contribution in [-0.4, -0.2) is 19.5 Å². The first-order valence-corrected chi connectivity index (χ1v) is 19.0. The zero-order chi connectivity index (χ0) is 37.5. The quantitative estimate of drug-likeness (QED) is 0.176. The number of nitrogens with zero attached hydrogens (tertiary/aromatic N) is 4. The summed E-state index contributed by atoms with van der Waals surface area (Å²) >= 11 is 0. The molecule has 8 aromatic carbocycles. The van der Waals surface area contributed by atoms with E-state index in [4.69, 9.17) is 23.8 Å². The molecule has 0 saturated heterocycles. The minimum absolute atomic E-state index is 0.571. The molecule has 0 atom stereocenters. The third kappa shape index (κ3) is 4.81. The minimum atomic E-state index is 0.571. The highest BCUT2D eigenvalue weighted by molar-refractivity contribution is 6.24. The molecule has 6 nitrogen and oxygen atoms in total. The standard InChI is InChI=1S/C51H30N4O2/c1-4-15-31(16-5-1)44-39(51-53-49(32-17-6-2-7-18-32)52-50(54-51)33-19-8-3-9-20-33)28-27-37-35-23-14-25-42(46(35)57-47(37)44)55-40-24-12-10-22-38(40)45-41(55)30-29-36-34-21-11-13-26-43(34)56-48(36)45/h1-30H. The Balaban J connectivity index is 1.15. The number of aromatic nitrogens is 4. The van der Waals surface area contributed by atoms with E-state index in [1.165, 1.54) is 0 Å². The van der Waals surface area contributed by atoms with E-state index < -0.39 is 0 Å². The van der Waals surface area contributed by atoms with Gasteiger partial charge < -0.3 is 13.4 Å². The molecule has 6 heteroatoms. The van der Waals surface area contributed by atoms with Crippen molar-refractivity contribution in [2.24, 2.45) is 0 Å². The van der Waals surface area contributed by atoms with Crippen molar-refractivity contribution in [1.29, 1.82) is 0 Å². The van der Waals surface area contributed by atoms with E-state index in [0.29, 0.717) is 17.5 Å². The van der Waals surface area contributed by atoms with Gasteiger partial charge in [0.1, 0.15) is 16.7 Å². The van der Waals surface area contributed by atoms with E-state index in [1.54, 1.807) is 0 Å². The van der Waals surface area contributed by atoms with E-state index in [2.05, 4.69) is 108 Å². The van der Waals surface area contributed by atoms with Crippen LogP contribution in [0.25, 0.3) is 117 Å².